The lowest BCUT2D eigenvalue weighted by Gasteiger charge is -2.04. The zero-order valence-corrected chi connectivity index (χ0v) is 13.6. The van der Waals surface area contributed by atoms with Crippen molar-refractivity contribution in [3.05, 3.63) is 17.5 Å². The predicted molar refractivity (Wildman–Crippen MR) is 80.1 cm³/mol. The molecule has 0 N–H and O–H groups in total. The summed E-state index contributed by atoms with van der Waals surface area (Å²) < 4.78 is 7.46. The van der Waals surface area contributed by atoms with Gasteiger partial charge in [0.1, 0.15) is 5.82 Å². The maximum absolute atomic E-state index is 5.26. The van der Waals surface area contributed by atoms with E-state index >= 15 is 0 Å². The van der Waals surface area contributed by atoms with E-state index in [2.05, 4.69) is 45.7 Å². The van der Waals surface area contributed by atoms with Gasteiger partial charge in [0.2, 0.25) is 5.89 Å². The summed E-state index contributed by atoms with van der Waals surface area (Å²) in [6.07, 6.45) is 3.31. The van der Waals surface area contributed by atoms with Gasteiger partial charge in [-0.15, -0.1) is 10.2 Å². The topological polar surface area (TPSA) is 69.6 Å². The standard InChI is InChI=1S/C14H21N5OS/c1-4-19-13(10-5-6-10)16-17-14(19)21-8-11-15-12(20-18-11)7-9(2)3/h9-10H,4-8H2,1-3H3. The fraction of sp³-hybridized carbons (Fsp3) is 0.714. The van der Waals surface area contributed by atoms with Gasteiger partial charge in [0, 0.05) is 18.9 Å². The molecule has 0 spiro atoms. The first-order valence-electron chi connectivity index (χ1n) is 7.54. The summed E-state index contributed by atoms with van der Waals surface area (Å²) in [4.78, 5) is 4.42. The maximum Gasteiger partial charge on any atom is 0.226 e. The van der Waals surface area contributed by atoms with Crippen LogP contribution in [0.4, 0.5) is 0 Å². The van der Waals surface area contributed by atoms with Crippen LogP contribution in [0.2, 0.25) is 0 Å². The number of nitrogens with zero attached hydrogens (tertiary/aromatic N) is 5. The Hall–Kier alpha value is -1.37. The highest BCUT2D eigenvalue weighted by atomic mass is 32.2. The van der Waals surface area contributed by atoms with E-state index in [4.69, 9.17) is 4.52 Å². The zero-order chi connectivity index (χ0) is 14.8. The van der Waals surface area contributed by atoms with Crippen molar-refractivity contribution in [2.75, 3.05) is 0 Å². The van der Waals surface area contributed by atoms with Crippen LogP contribution in [-0.2, 0) is 18.7 Å². The van der Waals surface area contributed by atoms with Crippen molar-refractivity contribution >= 4 is 11.8 Å². The molecule has 0 bridgehead atoms. The van der Waals surface area contributed by atoms with Crippen LogP contribution < -0.4 is 0 Å². The third-order valence-electron chi connectivity index (χ3n) is 3.43. The number of hydrogen-bond donors (Lipinski definition) is 0. The van der Waals surface area contributed by atoms with Crippen LogP contribution in [0.15, 0.2) is 9.68 Å². The van der Waals surface area contributed by atoms with Crippen LogP contribution in [-0.4, -0.2) is 24.9 Å². The fourth-order valence-electron chi connectivity index (χ4n) is 2.26. The lowest BCUT2D eigenvalue weighted by atomic mass is 10.1. The van der Waals surface area contributed by atoms with Crippen LogP contribution in [0.3, 0.4) is 0 Å². The molecule has 0 radical (unpaired) electrons. The first-order chi connectivity index (χ1) is 10.2. The summed E-state index contributed by atoms with van der Waals surface area (Å²) in [5, 5.41) is 13.6. The number of thioether (sulfide) groups is 1. The van der Waals surface area contributed by atoms with Crippen LogP contribution >= 0.6 is 11.8 Å². The molecule has 0 amide bonds. The molecular weight excluding hydrogens is 286 g/mol. The van der Waals surface area contributed by atoms with Gasteiger partial charge in [0.15, 0.2) is 11.0 Å². The average molecular weight is 307 g/mol. The Morgan fingerprint density at radius 1 is 1.33 bits per heavy atom. The van der Waals surface area contributed by atoms with Gasteiger partial charge in [-0.2, -0.15) is 4.98 Å². The SMILES string of the molecule is CCn1c(SCc2noc(CC(C)C)n2)nnc1C1CC1. The highest BCUT2D eigenvalue weighted by molar-refractivity contribution is 7.98. The van der Waals surface area contributed by atoms with E-state index in [0.29, 0.717) is 17.6 Å². The molecule has 0 saturated heterocycles. The van der Waals surface area contributed by atoms with Gasteiger partial charge < -0.3 is 9.09 Å². The first-order valence-corrected chi connectivity index (χ1v) is 8.53. The van der Waals surface area contributed by atoms with Gasteiger partial charge in [0.05, 0.1) is 5.75 Å². The van der Waals surface area contributed by atoms with Crippen molar-refractivity contribution < 1.29 is 4.52 Å². The highest BCUT2D eigenvalue weighted by Gasteiger charge is 2.30. The van der Waals surface area contributed by atoms with E-state index in [0.717, 1.165) is 35.7 Å². The van der Waals surface area contributed by atoms with Gasteiger partial charge in [-0.3, -0.25) is 0 Å². The van der Waals surface area contributed by atoms with E-state index in [-0.39, 0.29) is 0 Å². The Labute approximate surface area is 128 Å². The Kier molecular flexibility index (Phi) is 4.28. The predicted octanol–water partition coefficient (Wildman–Crippen LogP) is 3.05. The summed E-state index contributed by atoms with van der Waals surface area (Å²) in [5.41, 5.74) is 0. The third-order valence-corrected chi connectivity index (χ3v) is 4.39. The Morgan fingerprint density at radius 3 is 2.81 bits per heavy atom. The molecule has 6 nitrogen and oxygen atoms in total. The monoisotopic (exact) mass is 307 g/mol. The average Bonchev–Trinajstić information content (AvgIpc) is 3.06. The second kappa shape index (κ2) is 6.17. The van der Waals surface area contributed by atoms with Gasteiger partial charge in [0.25, 0.3) is 0 Å². The number of rotatable bonds is 7. The van der Waals surface area contributed by atoms with E-state index in [1.807, 2.05) is 0 Å². The fourth-order valence-corrected chi connectivity index (χ4v) is 3.11. The molecule has 2 aromatic heterocycles. The van der Waals surface area contributed by atoms with Crippen molar-refractivity contribution in [1.82, 2.24) is 24.9 Å². The summed E-state index contributed by atoms with van der Waals surface area (Å²) in [6, 6.07) is 0. The summed E-state index contributed by atoms with van der Waals surface area (Å²) in [6.45, 7) is 7.32. The van der Waals surface area contributed by atoms with Crippen LogP contribution in [0.25, 0.3) is 0 Å². The minimum atomic E-state index is 0.523. The smallest absolute Gasteiger partial charge is 0.226 e. The van der Waals surface area contributed by atoms with E-state index < -0.39 is 0 Å². The Bertz CT molecular complexity index is 602. The summed E-state index contributed by atoms with van der Waals surface area (Å²) in [7, 11) is 0. The number of aromatic nitrogens is 5. The molecule has 1 saturated carbocycles. The second-order valence-electron chi connectivity index (χ2n) is 5.85. The number of hydrogen-bond acceptors (Lipinski definition) is 6. The molecule has 114 valence electrons. The zero-order valence-electron chi connectivity index (χ0n) is 12.7. The molecule has 0 aliphatic heterocycles. The van der Waals surface area contributed by atoms with E-state index in [1.165, 1.54) is 12.8 Å². The minimum absolute atomic E-state index is 0.523. The van der Waals surface area contributed by atoms with Crippen LogP contribution in [0.1, 0.15) is 57.1 Å². The molecule has 0 atom stereocenters. The molecule has 1 aliphatic rings. The quantitative estimate of drug-likeness (QED) is 0.732. The molecule has 0 aromatic carbocycles. The van der Waals surface area contributed by atoms with Crippen molar-refractivity contribution in [2.24, 2.45) is 5.92 Å². The lowest BCUT2D eigenvalue weighted by Crippen LogP contribution is -2.02. The van der Waals surface area contributed by atoms with E-state index in [1.54, 1.807) is 11.8 Å². The maximum atomic E-state index is 5.26. The van der Waals surface area contributed by atoms with Gasteiger partial charge >= 0.3 is 0 Å². The Balaban J connectivity index is 1.63. The summed E-state index contributed by atoms with van der Waals surface area (Å²) in [5.74, 6) is 4.40. The van der Waals surface area contributed by atoms with Crippen molar-refractivity contribution in [1.29, 1.82) is 0 Å². The van der Waals surface area contributed by atoms with Gasteiger partial charge in [-0.1, -0.05) is 30.8 Å². The molecule has 21 heavy (non-hydrogen) atoms. The minimum Gasteiger partial charge on any atom is -0.339 e. The second-order valence-corrected chi connectivity index (χ2v) is 6.79. The van der Waals surface area contributed by atoms with Crippen molar-refractivity contribution in [2.45, 2.75) is 63.4 Å². The molecular formula is C14H21N5OS. The van der Waals surface area contributed by atoms with Crippen LogP contribution in [0, 0.1) is 5.92 Å². The molecule has 1 aliphatic carbocycles. The highest BCUT2D eigenvalue weighted by Crippen LogP contribution is 2.40. The molecule has 7 heteroatoms. The van der Waals surface area contributed by atoms with E-state index in [9.17, 15) is 0 Å². The van der Waals surface area contributed by atoms with Crippen molar-refractivity contribution in [3.63, 3.8) is 0 Å². The Morgan fingerprint density at radius 2 is 2.14 bits per heavy atom. The van der Waals surface area contributed by atoms with Gasteiger partial charge in [-0.05, 0) is 25.7 Å². The molecule has 2 heterocycles. The summed E-state index contributed by atoms with van der Waals surface area (Å²) >= 11 is 1.63. The molecule has 1 fully saturated rings. The molecule has 2 aromatic rings. The third kappa shape index (κ3) is 3.45. The van der Waals surface area contributed by atoms with Gasteiger partial charge in [-0.25, -0.2) is 0 Å². The first kappa shape index (κ1) is 14.6. The largest absolute Gasteiger partial charge is 0.339 e. The lowest BCUT2D eigenvalue weighted by molar-refractivity contribution is 0.360. The van der Waals surface area contributed by atoms with Crippen molar-refractivity contribution in [3.8, 4) is 0 Å². The molecule has 0 unspecified atom stereocenters. The normalized spacial score (nSPS) is 15.0. The van der Waals surface area contributed by atoms with Crippen LogP contribution in [0.5, 0.6) is 0 Å². The molecule has 3 rings (SSSR count).